The van der Waals surface area contributed by atoms with Crippen LogP contribution in [0.4, 0.5) is 5.82 Å². The van der Waals surface area contributed by atoms with E-state index in [0.717, 1.165) is 25.8 Å². The van der Waals surface area contributed by atoms with Crippen LogP contribution in [0.15, 0.2) is 16.9 Å². The predicted octanol–water partition coefficient (Wildman–Crippen LogP) is 2.36. The molecule has 0 saturated carbocycles. The summed E-state index contributed by atoms with van der Waals surface area (Å²) in [7, 11) is 3.89. The van der Waals surface area contributed by atoms with Crippen LogP contribution in [-0.2, 0) is 9.59 Å². The number of rotatable bonds is 12. The van der Waals surface area contributed by atoms with Crippen molar-refractivity contribution in [3.05, 3.63) is 12.3 Å². The first-order valence-electron chi connectivity index (χ1n) is 8.65. The van der Waals surface area contributed by atoms with E-state index in [4.69, 9.17) is 0 Å². The van der Waals surface area contributed by atoms with Crippen LogP contribution in [0, 0.1) is 0 Å². The van der Waals surface area contributed by atoms with Crippen LogP contribution in [0.3, 0.4) is 0 Å². The Morgan fingerprint density at radius 2 is 1.92 bits per heavy atom. The molecule has 1 aromatic heterocycles. The van der Waals surface area contributed by atoms with Crippen molar-refractivity contribution in [2.75, 3.05) is 39.0 Å². The van der Waals surface area contributed by atoms with E-state index in [1.807, 2.05) is 19.0 Å². The summed E-state index contributed by atoms with van der Waals surface area (Å²) in [6.07, 6.45) is 7.38. The van der Waals surface area contributed by atoms with Crippen molar-refractivity contribution in [1.29, 1.82) is 0 Å². The van der Waals surface area contributed by atoms with Crippen LogP contribution in [0.5, 0.6) is 0 Å². The largest absolute Gasteiger partial charge is 0.363 e. The third-order valence-corrected chi connectivity index (χ3v) is 3.70. The lowest BCUT2D eigenvalue weighted by Gasteiger charge is -2.23. The molecule has 0 saturated heterocycles. The van der Waals surface area contributed by atoms with E-state index in [1.165, 1.54) is 19.1 Å². The first-order valence-corrected chi connectivity index (χ1v) is 8.65. The molecule has 0 aliphatic rings. The zero-order chi connectivity index (χ0) is 17.8. The second-order valence-corrected chi connectivity index (χ2v) is 6.22. The Morgan fingerprint density at radius 3 is 2.54 bits per heavy atom. The highest BCUT2D eigenvalue weighted by Crippen LogP contribution is 2.08. The molecule has 1 heterocycles. The molecule has 0 bridgehead atoms. The normalized spacial score (nSPS) is 10.8. The smallest absolute Gasteiger partial charge is 0.245 e. The maximum atomic E-state index is 12.4. The molecular formula is C17H30N4O3. The second-order valence-electron chi connectivity index (χ2n) is 6.22. The topological polar surface area (TPSA) is 78.7 Å². The number of aromatic nitrogens is 1. The first kappa shape index (κ1) is 20.2. The van der Waals surface area contributed by atoms with Crippen LogP contribution in [0.1, 0.15) is 45.4 Å². The monoisotopic (exact) mass is 338 g/mol. The van der Waals surface area contributed by atoms with Crippen molar-refractivity contribution in [2.45, 2.75) is 45.4 Å². The highest BCUT2D eigenvalue weighted by atomic mass is 16.5. The van der Waals surface area contributed by atoms with Gasteiger partial charge in [0.1, 0.15) is 6.26 Å². The maximum Gasteiger partial charge on any atom is 0.245 e. The van der Waals surface area contributed by atoms with Gasteiger partial charge < -0.3 is 19.6 Å². The molecule has 24 heavy (non-hydrogen) atoms. The SMILES string of the molecule is CCCCCCCC(=O)N(CCN(C)C)CC(=O)Nc1ccon1. The number of nitrogens with zero attached hydrogens (tertiary/aromatic N) is 3. The lowest BCUT2D eigenvalue weighted by Crippen LogP contribution is -2.41. The number of unbranched alkanes of at least 4 members (excludes halogenated alkanes) is 4. The van der Waals surface area contributed by atoms with Gasteiger partial charge in [-0.1, -0.05) is 37.8 Å². The first-order chi connectivity index (χ1) is 11.5. The molecule has 0 atom stereocenters. The van der Waals surface area contributed by atoms with Crippen LogP contribution in [0.25, 0.3) is 0 Å². The van der Waals surface area contributed by atoms with Gasteiger partial charge in [-0.3, -0.25) is 9.59 Å². The van der Waals surface area contributed by atoms with Crippen molar-refractivity contribution < 1.29 is 14.1 Å². The maximum absolute atomic E-state index is 12.4. The number of anilines is 1. The number of amides is 2. The minimum Gasteiger partial charge on any atom is -0.363 e. The average molecular weight is 338 g/mol. The van der Waals surface area contributed by atoms with E-state index in [1.54, 1.807) is 11.0 Å². The summed E-state index contributed by atoms with van der Waals surface area (Å²) in [5, 5.41) is 6.27. The summed E-state index contributed by atoms with van der Waals surface area (Å²) >= 11 is 0. The highest BCUT2D eigenvalue weighted by Gasteiger charge is 2.17. The van der Waals surface area contributed by atoms with Crippen LogP contribution < -0.4 is 5.32 Å². The minimum atomic E-state index is -0.262. The summed E-state index contributed by atoms with van der Waals surface area (Å²) in [5.74, 6) is 0.130. The molecule has 0 radical (unpaired) electrons. The zero-order valence-corrected chi connectivity index (χ0v) is 15.1. The summed E-state index contributed by atoms with van der Waals surface area (Å²) in [6, 6.07) is 1.57. The molecule has 0 unspecified atom stereocenters. The van der Waals surface area contributed by atoms with Crippen LogP contribution >= 0.6 is 0 Å². The number of carbonyl (C=O) groups excluding carboxylic acids is 2. The van der Waals surface area contributed by atoms with Gasteiger partial charge in [0.15, 0.2) is 5.82 Å². The van der Waals surface area contributed by atoms with E-state index in [9.17, 15) is 9.59 Å². The molecule has 1 N–H and O–H groups in total. The quantitative estimate of drug-likeness (QED) is 0.592. The van der Waals surface area contributed by atoms with Gasteiger partial charge in [-0.2, -0.15) is 0 Å². The standard InChI is InChI=1S/C17H30N4O3/c1-4-5-6-7-8-9-17(23)21(12-11-20(2)3)14-16(22)18-15-10-13-24-19-15/h10,13H,4-9,11-12,14H2,1-3H3,(H,18,19,22). The fourth-order valence-electron chi connectivity index (χ4n) is 2.28. The molecule has 7 heteroatoms. The van der Waals surface area contributed by atoms with Gasteiger partial charge in [0.05, 0.1) is 6.54 Å². The second kappa shape index (κ2) is 11.6. The molecule has 0 aliphatic carbocycles. The highest BCUT2D eigenvalue weighted by molar-refractivity contribution is 5.93. The number of carbonyl (C=O) groups is 2. The number of hydrogen-bond donors (Lipinski definition) is 1. The van der Waals surface area contributed by atoms with E-state index in [-0.39, 0.29) is 18.4 Å². The predicted molar refractivity (Wildman–Crippen MR) is 93.6 cm³/mol. The van der Waals surface area contributed by atoms with Gasteiger partial charge in [-0.15, -0.1) is 0 Å². The number of hydrogen-bond acceptors (Lipinski definition) is 5. The Kier molecular flexibility index (Phi) is 9.76. The molecule has 0 spiro atoms. The van der Waals surface area contributed by atoms with Gasteiger partial charge in [-0.25, -0.2) is 0 Å². The molecule has 0 fully saturated rings. The van der Waals surface area contributed by atoms with E-state index in [0.29, 0.717) is 18.8 Å². The Labute approximate surface area is 144 Å². The lowest BCUT2D eigenvalue weighted by atomic mass is 10.1. The fraction of sp³-hybridized carbons (Fsp3) is 0.706. The van der Waals surface area contributed by atoms with Crippen molar-refractivity contribution in [3.63, 3.8) is 0 Å². The van der Waals surface area contributed by atoms with Gasteiger partial charge in [-0.05, 0) is 20.5 Å². The minimum absolute atomic E-state index is 0.0312. The van der Waals surface area contributed by atoms with Crippen molar-refractivity contribution in [1.82, 2.24) is 15.0 Å². The van der Waals surface area contributed by atoms with E-state index >= 15 is 0 Å². The summed E-state index contributed by atoms with van der Waals surface area (Å²) < 4.78 is 4.68. The van der Waals surface area contributed by atoms with Gasteiger partial charge in [0.25, 0.3) is 0 Å². The molecule has 1 aromatic rings. The molecule has 1 rings (SSSR count). The van der Waals surface area contributed by atoms with Crippen molar-refractivity contribution in [3.8, 4) is 0 Å². The van der Waals surface area contributed by atoms with Crippen LogP contribution in [0.2, 0.25) is 0 Å². The van der Waals surface area contributed by atoms with Crippen LogP contribution in [-0.4, -0.2) is 60.5 Å². The van der Waals surface area contributed by atoms with Gasteiger partial charge >= 0.3 is 0 Å². The Morgan fingerprint density at radius 1 is 1.17 bits per heavy atom. The van der Waals surface area contributed by atoms with Gasteiger partial charge in [0.2, 0.25) is 11.8 Å². The van der Waals surface area contributed by atoms with Crippen molar-refractivity contribution >= 4 is 17.6 Å². The summed E-state index contributed by atoms with van der Waals surface area (Å²) in [5.41, 5.74) is 0. The fourth-order valence-corrected chi connectivity index (χ4v) is 2.28. The number of likely N-dealkylation sites (N-methyl/N-ethyl adjacent to an activating group) is 1. The Hall–Kier alpha value is -1.89. The molecule has 0 aromatic carbocycles. The number of nitrogens with one attached hydrogen (secondary N) is 1. The molecule has 7 nitrogen and oxygen atoms in total. The molecular weight excluding hydrogens is 308 g/mol. The van der Waals surface area contributed by atoms with E-state index in [2.05, 4.69) is 21.9 Å². The third-order valence-electron chi connectivity index (χ3n) is 3.70. The Balaban J connectivity index is 2.45. The lowest BCUT2D eigenvalue weighted by molar-refractivity contribution is -0.135. The Bertz CT molecular complexity index is 474. The van der Waals surface area contributed by atoms with E-state index < -0.39 is 0 Å². The van der Waals surface area contributed by atoms with Gasteiger partial charge in [0, 0.05) is 25.6 Å². The molecule has 136 valence electrons. The zero-order valence-electron chi connectivity index (χ0n) is 15.1. The molecule has 0 aliphatic heterocycles. The molecule has 2 amide bonds. The average Bonchev–Trinajstić information content (AvgIpc) is 3.03. The van der Waals surface area contributed by atoms with Crippen molar-refractivity contribution in [2.24, 2.45) is 0 Å². The summed E-state index contributed by atoms with van der Waals surface area (Å²) in [4.78, 5) is 28.1. The summed E-state index contributed by atoms with van der Waals surface area (Å²) in [6.45, 7) is 3.46. The third kappa shape index (κ3) is 8.67.